The van der Waals surface area contributed by atoms with E-state index in [1.54, 1.807) is 0 Å². The summed E-state index contributed by atoms with van der Waals surface area (Å²) in [5.41, 5.74) is 5.72. The van der Waals surface area contributed by atoms with Crippen molar-refractivity contribution >= 4 is 17.9 Å². The van der Waals surface area contributed by atoms with Crippen LogP contribution in [-0.2, 0) is 4.79 Å². The lowest BCUT2D eigenvalue weighted by molar-refractivity contribution is -0.105. The Labute approximate surface area is 57.3 Å². The fourth-order valence-electron chi connectivity index (χ4n) is 0.517. The predicted molar refractivity (Wildman–Crippen MR) is 36.1 cm³/mol. The van der Waals surface area contributed by atoms with Gasteiger partial charge in [-0.25, -0.2) is 9.97 Å². The summed E-state index contributed by atoms with van der Waals surface area (Å²) in [6, 6.07) is 0. The average molecular weight is 138 g/mol. The molecule has 5 heteroatoms. The lowest BCUT2D eigenvalue weighted by Crippen LogP contribution is -2.01. The third-order valence-corrected chi connectivity index (χ3v) is 0.936. The van der Waals surface area contributed by atoms with Crippen LogP contribution in [0.15, 0.2) is 12.5 Å². The monoisotopic (exact) mass is 138 g/mol. The van der Waals surface area contributed by atoms with Crippen molar-refractivity contribution in [3.05, 3.63) is 12.5 Å². The Morgan fingerprint density at radius 3 is 3.10 bits per heavy atom. The second-order valence-corrected chi connectivity index (χ2v) is 1.59. The van der Waals surface area contributed by atoms with E-state index in [9.17, 15) is 4.79 Å². The van der Waals surface area contributed by atoms with Crippen molar-refractivity contribution in [3.63, 3.8) is 0 Å². The zero-order valence-electron chi connectivity index (χ0n) is 5.11. The van der Waals surface area contributed by atoms with Gasteiger partial charge in [0.1, 0.15) is 6.33 Å². The Hall–Kier alpha value is -1.65. The van der Waals surface area contributed by atoms with Crippen LogP contribution in [0.25, 0.3) is 0 Å². The second-order valence-electron chi connectivity index (χ2n) is 1.59. The first kappa shape index (κ1) is 6.47. The molecule has 1 aromatic heterocycles. The Morgan fingerprint density at radius 2 is 2.50 bits per heavy atom. The number of aromatic nitrogens is 2. The molecule has 0 unspecified atom stereocenters. The molecular formula is C5H6N4O. The van der Waals surface area contributed by atoms with E-state index in [1.165, 1.54) is 12.5 Å². The van der Waals surface area contributed by atoms with Crippen molar-refractivity contribution in [2.45, 2.75) is 0 Å². The van der Waals surface area contributed by atoms with Crippen molar-refractivity contribution in [1.82, 2.24) is 9.97 Å². The molecule has 0 radical (unpaired) electrons. The summed E-state index contributed by atoms with van der Waals surface area (Å²) < 4.78 is 0. The maximum atomic E-state index is 9.90. The first-order chi connectivity index (χ1) is 4.84. The van der Waals surface area contributed by atoms with Crippen molar-refractivity contribution in [2.24, 2.45) is 0 Å². The molecule has 5 nitrogen and oxygen atoms in total. The van der Waals surface area contributed by atoms with E-state index in [1.807, 2.05) is 0 Å². The minimum absolute atomic E-state index is 0.338. The summed E-state index contributed by atoms with van der Waals surface area (Å²) in [4.78, 5) is 17.2. The standard InChI is InChI=1S/C5H6N4O/c6-4-1-7-2-8-5(4)9-3-10/h1-3H,6H2,(H,7,8,9,10). The van der Waals surface area contributed by atoms with E-state index in [2.05, 4.69) is 15.3 Å². The molecule has 1 heterocycles. The molecule has 3 N–H and O–H groups in total. The van der Waals surface area contributed by atoms with Crippen LogP contribution in [-0.4, -0.2) is 16.4 Å². The van der Waals surface area contributed by atoms with Gasteiger partial charge in [-0.3, -0.25) is 4.79 Å². The Bertz CT molecular complexity index is 237. The van der Waals surface area contributed by atoms with Gasteiger partial charge in [-0.1, -0.05) is 0 Å². The first-order valence-corrected chi connectivity index (χ1v) is 2.60. The van der Waals surface area contributed by atoms with E-state index >= 15 is 0 Å². The summed E-state index contributed by atoms with van der Waals surface area (Å²) in [5.74, 6) is 0.338. The quantitative estimate of drug-likeness (QED) is 0.546. The minimum Gasteiger partial charge on any atom is -0.394 e. The number of amides is 1. The van der Waals surface area contributed by atoms with Gasteiger partial charge in [0, 0.05) is 0 Å². The molecule has 10 heavy (non-hydrogen) atoms. The number of hydrogen-bond acceptors (Lipinski definition) is 4. The number of nitrogens with two attached hydrogens (primary N) is 1. The summed E-state index contributed by atoms with van der Waals surface area (Å²) in [6.07, 6.45) is 3.24. The lowest BCUT2D eigenvalue weighted by atomic mass is 10.5. The SMILES string of the molecule is Nc1cncnc1NC=O. The zero-order valence-corrected chi connectivity index (χ0v) is 5.11. The van der Waals surface area contributed by atoms with Gasteiger partial charge in [-0.2, -0.15) is 0 Å². The number of nitrogens with zero attached hydrogens (tertiary/aromatic N) is 2. The Morgan fingerprint density at radius 1 is 1.70 bits per heavy atom. The van der Waals surface area contributed by atoms with Gasteiger partial charge >= 0.3 is 0 Å². The van der Waals surface area contributed by atoms with Crippen LogP contribution in [0.4, 0.5) is 11.5 Å². The third-order valence-electron chi connectivity index (χ3n) is 0.936. The molecule has 0 aliphatic carbocycles. The van der Waals surface area contributed by atoms with E-state index in [0.717, 1.165) is 0 Å². The third kappa shape index (κ3) is 1.19. The van der Waals surface area contributed by atoms with E-state index in [-0.39, 0.29) is 0 Å². The highest BCUT2D eigenvalue weighted by molar-refractivity contribution is 5.75. The summed E-state index contributed by atoms with van der Waals surface area (Å²) in [6.45, 7) is 0. The van der Waals surface area contributed by atoms with Crippen LogP contribution in [0.3, 0.4) is 0 Å². The van der Waals surface area contributed by atoms with Crippen LogP contribution < -0.4 is 11.1 Å². The fourth-order valence-corrected chi connectivity index (χ4v) is 0.517. The molecule has 1 aromatic rings. The van der Waals surface area contributed by atoms with Crippen molar-refractivity contribution in [3.8, 4) is 0 Å². The van der Waals surface area contributed by atoms with Gasteiger partial charge in [0.25, 0.3) is 0 Å². The molecule has 0 bridgehead atoms. The molecule has 0 spiro atoms. The number of anilines is 2. The van der Waals surface area contributed by atoms with Gasteiger partial charge in [-0.15, -0.1) is 0 Å². The second kappa shape index (κ2) is 2.77. The maximum Gasteiger partial charge on any atom is 0.212 e. The van der Waals surface area contributed by atoms with Crippen LogP contribution in [0.1, 0.15) is 0 Å². The normalized spacial score (nSPS) is 8.80. The number of carbonyl (C=O) groups excluding carboxylic acids is 1. The van der Waals surface area contributed by atoms with Gasteiger partial charge in [0.2, 0.25) is 6.41 Å². The first-order valence-electron chi connectivity index (χ1n) is 2.60. The number of hydrogen-bond donors (Lipinski definition) is 2. The molecular weight excluding hydrogens is 132 g/mol. The summed E-state index contributed by atoms with van der Waals surface area (Å²) in [5, 5.41) is 2.32. The molecule has 0 saturated carbocycles. The number of nitrogen functional groups attached to an aromatic ring is 1. The van der Waals surface area contributed by atoms with E-state index in [4.69, 9.17) is 5.73 Å². The summed E-state index contributed by atoms with van der Waals surface area (Å²) >= 11 is 0. The van der Waals surface area contributed by atoms with Crippen LogP contribution in [0, 0.1) is 0 Å². The molecule has 0 fully saturated rings. The molecule has 52 valence electrons. The van der Waals surface area contributed by atoms with Crippen molar-refractivity contribution < 1.29 is 4.79 Å². The number of nitrogens with one attached hydrogen (secondary N) is 1. The molecule has 1 amide bonds. The van der Waals surface area contributed by atoms with Gasteiger partial charge < -0.3 is 11.1 Å². The van der Waals surface area contributed by atoms with Crippen molar-refractivity contribution in [2.75, 3.05) is 11.1 Å². The minimum atomic E-state index is 0.338. The van der Waals surface area contributed by atoms with E-state index < -0.39 is 0 Å². The molecule has 0 aliphatic heterocycles. The maximum absolute atomic E-state index is 9.90. The molecule has 0 atom stereocenters. The number of carbonyl (C=O) groups is 1. The van der Waals surface area contributed by atoms with Crippen LogP contribution in [0.2, 0.25) is 0 Å². The topological polar surface area (TPSA) is 80.9 Å². The Kier molecular flexibility index (Phi) is 1.79. The smallest absolute Gasteiger partial charge is 0.212 e. The zero-order chi connectivity index (χ0) is 7.40. The van der Waals surface area contributed by atoms with E-state index in [0.29, 0.717) is 17.9 Å². The largest absolute Gasteiger partial charge is 0.394 e. The highest BCUT2D eigenvalue weighted by Crippen LogP contribution is 2.08. The fraction of sp³-hybridized carbons (Fsp3) is 0. The van der Waals surface area contributed by atoms with Gasteiger partial charge in [-0.05, 0) is 0 Å². The Balaban J connectivity index is 2.91. The molecule has 0 aliphatic rings. The predicted octanol–water partition coefficient (Wildman–Crippen LogP) is -0.373. The van der Waals surface area contributed by atoms with Crippen LogP contribution >= 0.6 is 0 Å². The van der Waals surface area contributed by atoms with Crippen LogP contribution in [0.5, 0.6) is 0 Å². The van der Waals surface area contributed by atoms with Crippen molar-refractivity contribution in [1.29, 1.82) is 0 Å². The highest BCUT2D eigenvalue weighted by atomic mass is 16.1. The number of rotatable bonds is 2. The van der Waals surface area contributed by atoms with Gasteiger partial charge in [0.05, 0.1) is 11.9 Å². The average Bonchev–Trinajstić information content (AvgIpc) is 1.94. The highest BCUT2D eigenvalue weighted by Gasteiger charge is 1.94. The summed E-state index contributed by atoms with van der Waals surface area (Å²) in [7, 11) is 0. The lowest BCUT2D eigenvalue weighted by Gasteiger charge is -1.98. The van der Waals surface area contributed by atoms with Gasteiger partial charge in [0.15, 0.2) is 5.82 Å². The molecule has 0 aromatic carbocycles. The molecule has 1 rings (SSSR count). The molecule has 0 saturated heterocycles.